The van der Waals surface area contributed by atoms with Crippen molar-refractivity contribution < 1.29 is 24.3 Å². The van der Waals surface area contributed by atoms with Gasteiger partial charge in [0.15, 0.2) is 23.4 Å². The molecule has 2 unspecified atom stereocenters. The highest BCUT2D eigenvalue weighted by Crippen LogP contribution is 2.33. The Morgan fingerprint density at radius 1 is 1.41 bits per heavy atom. The number of nitrogens with one attached hydrogen (secondary N) is 1. The topological polar surface area (TPSA) is 132 Å². The summed E-state index contributed by atoms with van der Waals surface area (Å²) in [6.07, 6.45) is 2.21. The summed E-state index contributed by atoms with van der Waals surface area (Å²) < 4.78 is 7.61. The second-order valence-electron chi connectivity index (χ2n) is 10.3. The summed E-state index contributed by atoms with van der Waals surface area (Å²) in [6.45, 7) is 9.74. The van der Waals surface area contributed by atoms with Gasteiger partial charge in [0.1, 0.15) is 11.6 Å². The van der Waals surface area contributed by atoms with Crippen molar-refractivity contribution in [3.63, 3.8) is 0 Å². The first-order chi connectivity index (χ1) is 16.0. The number of amides is 1. The Morgan fingerprint density at radius 2 is 2.15 bits per heavy atom. The predicted octanol–water partition coefficient (Wildman–Crippen LogP) is 1.97. The van der Waals surface area contributed by atoms with Crippen molar-refractivity contribution >= 4 is 28.7 Å². The smallest absolute Gasteiger partial charge is 0.411 e. The quantitative estimate of drug-likeness (QED) is 0.567. The number of pyridine rings is 1. The number of carbonyl (C=O) groups excluding carboxylic acids is 1. The number of carbonyl (C=O) groups is 1. The van der Waals surface area contributed by atoms with Crippen molar-refractivity contribution in [2.45, 2.75) is 77.5 Å². The zero-order valence-corrected chi connectivity index (χ0v) is 20.5. The van der Waals surface area contributed by atoms with Gasteiger partial charge in [-0.05, 0) is 40.5 Å². The number of hydrogen-bond donors (Lipinski definition) is 3. The number of rotatable bonds is 5. The van der Waals surface area contributed by atoms with Crippen LogP contribution in [-0.4, -0.2) is 83.9 Å². The molecule has 0 radical (unpaired) electrons. The molecule has 2 aromatic heterocycles. The molecule has 0 aromatic carbocycles. The monoisotopic (exact) mass is 472 g/mol. The van der Waals surface area contributed by atoms with Gasteiger partial charge in [-0.15, -0.1) is 0 Å². The number of hydrogen-bond acceptors (Lipinski definition) is 7. The molecule has 34 heavy (non-hydrogen) atoms. The molecule has 2 aliphatic rings. The molecule has 10 nitrogen and oxygen atoms in total. The molecule has 1 amide bonds. The van der Waals surface area contributed by atoms with Gasteiger partial charge in [-0.1, -0.05) is 6.92 Å². The Balaban J connectivity index is 1.82. The molecular weight excluding hydrogens is 438 g/mol. The maximum Gasteiger partial charge on any atom is 0.411 e. The summed E-state index contributed by atoms with van der Waals surface area (Å²) in [5.74, 6) is -0.250. The van der Waals surface area contributed by atoms with E-state index in [-0.39, 0.29) is 42.0 Å². The van der Waals surface area contributed by atoms with E-state index in [1.807, 2.05) is 32.3 Å². The summed E-state index contributed by atoms with van der Waals surface area (Å²) in [6, 6.07) is -0.117. The predicted molar refractivity (Wildman–Crippen MR) is 127 cm³/mol. The Kier molecular flexibility index (Phi) is 6.48. The van der Waals surface area contributed by atoms with Crippen LogP contribution in [0.25, 0.3) is 11.2 Å². The molecule has 3 N–H and O–H groups in total. The third-order valence-electron chi connectivity index (χ3n) is 6.40. The highest BCUT2D eigenvalue weighted by atomic mass is 16.6. The van der Waals surface area contributed by atoms with Gasteiger partial charge < -0.3 is 19.9 Å². The van der Waals surface area contributed by atoms with E-state index >= 15 is 0 Å². The van der Waals surface area contributed by atoms with Gasteiger partial charge in [0.05, 0.1) is 36.8 Å². The lowest BCUT2D eigenvalue weighted by molar-refractivity contribution is -0.457. The van der Waals surface area contributed by atoms with E-state index in [9.17, 15) is 19.8 Å². The van der Waals surface area contributed by atoms with Crippen molar-refractivity contribution in [2.75, 3.05) is 19.7 Å². The molecule has 1 saturated carbocycles. The van der Waals surface area contributed by atoms with Gasteiger partial charge in [-0.3, -0.25) is 9.69 Å². The van der Waals surface area contributed by atoms with Crippen molar-refractivity contribution in [3.05, 3.63) is 27.8 Å². The first-order valence-electron chi connectivity index (χ1n) is 11.8. The van der Waals surface area contributed by atoms with Crippen LogP contribution in [0.1, 0.15) is 64.3 Å². The van der Waals surface area contributed by atoms with Crippen LogP contribution >= 0.6 is 0 Å². The van der Waals surface area contributed by atoms with Crippen LogP contribution in [0.4, 0.5) is 10.5 Å². The van der Waals surface area contributed by atoms with E-state index < -0.39 is 11.7 Å². The first-order valence-corrected chi connectivity index (χ1v) is 11.8. The largest absolute Gasteiger partial charge is 0.444 e. The van der Waals surface area contributed by atoms with E-state index in [0.29, 0.717) is 35.8 Å². The molecule has 3 heterocycles. The molecule has 10 heteroatoms. The van der Waals surface area contributed by atoms with E-state index in [1.54, 1.807) is 18.0 Å². The lowest BCUT2D eigenvalue weighted by atomic mass is 9.86. The molecule has 0 bridgehead atoms. The highest BCUT2D eigenvalue weighted by Gasteiger charge is 2.47. The number of aromatic nitrogens is 3. The summed E-state index contributed by atoms with van der Waals surface area (Å²) in [5.41, 5.74) is 2.61. The van der Waals surface area contributed by atoms with E-state index in [2.05, 4.69) is 15.0 Å². The van der Waals surface area contributed by atoms with Crippen molar-refractivity contribution in [1.29, 1.82) is 0 Å². The minimum absolute atomic E-state index is 0.117. The molecule has 0 spiro atoms. The zero-order valence-electron chi connectivity index (χ0n) is 20.5. The number of nitrogens with zero attached hydrogens (tertiary/aromatic N) is 4. The molecule has 4 rings (SSSR count). The minimum atomic E-state index is -0.903. The van der Waals surface area contributed by atoms with E-state index in [4.69, 9.17) is 4.74 Å². The Morgan fingerprint density at radius 3 is 2.76 bits per heavy atom. The minimum Gasteiger partial charge on any atom is -0.444 e. The standard InChI is InChI=1S/C24H33N5O5/c1-13(10-15(31)12-30)18-20(21(32)19-22(27-18)25-11-14(2)26-19)28-8-9-29(17-7-6-16(17)28)23(33)34-24(3,4)5/h11,13,15,17,30-31H,6-10,12H2,1-5H3/p+1/t13?,15?,17-/m0/s1. The number of aliphatic hydroxyl groups is 2. The summed E-state index contributed by atoms with van der Waals surface area (Å²) in [5, 5.41) is 19.4. The van der Waals surface area contributed by atoms with Crippen LogP contribution in [0.15, 0.2) is 11.0 Å². The Labute approximate surface area is 198 Å². The van der Waals surface area contributed by atoms with E-state index in [0.717, 1.165) is 18.6 Å². The number of ether oxygens (including phenoxy) is 1. The van der Waals surface area contributed by atoms with Gasteiger partial charge in [0, 0.05) is 12.3 Å². The van der Waals surface area contributed by atoms with E-state index in [1.165, 1.54) is 0 Å². The lowest BCUT2D eigenvalue weighted by Gasteiger charge is -2.40. The van der Waals surface area contributed by atoms with Gasteiger partial charge >= 0.3 is 6.09 Å². The maximum absolute atomic E-state index is 13.7. The number of aryl methyl sites for hydroxylation is 1. The molecule has 1 aliphatic heterocycles. The normalized spacial score (nSPS) is 20.1. The molecule has 184 valence electrons. The van der Waals surface area contributed by atoms with Crippen LogP contribution in [-0.2, 0) is 4.74 Å². The molecule has 3 atom stereocenters. The molecule has 0 saturated heterocycles. The molecule has 1 fully saturated rings. The maximum atomic E-state index is 13.7. The fraction of sp³-hybridized carbons (Fsp3) is 0.625. The second-order valence-corrected chi connectivity index (χ2v) is 10.3. The second kappa shape index (κ2) is 9.07. The van der Waals surface area contributed by atoms with Crippen LogP contribution in [0.3, 0.4) is 0 Å². The Hall–Kier alpha value is -2.85. The van der Waals surface area contributed by atoms with Gasteiger partial charge in [0.2, 0.25) is 0 Å². The fourth-order valence-corrected chi connectivity index (χ4v) is 4.73. The van der Waals surface area contributed by atoms with Crippen molar-refractivity contribution in [3.8, 4) is 0 Å². The van der Waals surface area contributed by atoms with Gasteiger partial charge in [-0.2, -0.15) is 4.58 Å². The molecular formula is C24H34N5O5+. The van der Waals surface area contributed by atoms with Crippen LogP contribution in [0, 0.1) is 6.92 Å². The van der Waals surface area contributed by atoms with Crippen molar-refractivity contribution in [1.82, 2.24) is 19.9 Å². The average Bonchev–Trinajstić information content (AvgIpc) is 2.73. The number of H-pyrrole nitrogens is 1. The first kappa shape index (κ1) is 24.3. The number of aliphatic hydroxyl groups excluding tert-OH is 2. The van der Waals surface area contributed by atoms with Crippen LogP contribution < -0.4 is 5.43 Å². The number of fused-ring (bicyclic) bond motifs is 2. The fourth-order valence-electron chi connectivity index (χ4n) is 4.73. The molecule has 1 aliphatic carbocycles. The lowest BCUT2D eigenvalue weighted by Crippen LogP contribution is -2.59. The SMILES string of the molecule is Cc1cnc2[nH]c(C(C)CC(O)CO)c([N+]3=C4CC[C@@H]4N(C(=O)OC(C)(C)C)CC3)c(=O)c2n1. The van der Waals surface area contributed by atoms with Crippen LogP contribution in [0.2, 0.25) is 0 Å². The summed E-state index contributed by atoms with van der Waals surface area (Å²) >= 11 is 0. The summed E-state index contributed by atoms with van der Waals surface area (Å²) in [4.78, 5) is 40.4. The van der Waals surface area contributed by atoms with Gasteiger partial charge in [0.25, 0.3) is 11.1 Å². The third-order valence-corrected chi connectivity index (χ3v) is 6.40. The third kappa shape index (κ3) is 4.56. The van der Waals surface area contributed by atoms with Gasteiger partial charge in [-0.25, -0.2) is 14.8 Å². The molecule has 2 aromatic rings. The number of aromatic amines is 1. The average molecular weight is 473 g/mol. The zero-order chi connectivity index (χ0) is 24.8. The highest BCUT2D eigenvalue weighted by molar-refractivity contribution is 5.95. The van der Waals surface area contributed by atoms with Crippen molar-refractivity contribution in [2.24, 2.45) is 0 Å². The Bertz CT molecular complexity index is 1200. The van der Waals surface area contributed by atoms with Crippen LogP contribution in [0.5, 0.6) is 0 Å². The summed E-state index contributed by atoms with van der Waals surface area (Å²) in [7, 11) is 0.